The number of rotatable bonds is 6. The monoisotopic (exact) mass is 231 g/mol. The summed E-state index contributed by atoms with van der Waals surface area (Å²) >= 11 is 0. The number of amides is 1. The zero-order valence-corrected chi connectivity index (χ0v) is 10.1. The predicted molar refractivity (Wildman–Crippen MR) is 60.0 cm³/mol. The van der Waals surface area contributed by atoms with Crippen LogP contribution in [0.3, 0.4) is 0 Å². The largest absolute Gasteiger partial charge is 0.481 e. The lowest BCUT2D eigenvalue weighted by molar-refractivity contribution is -0.139. The molecule has 1 unspecified atom stereocenters. The van der Waals surface area contributed by atoms with E-state index in [1.165, 1.54) is 0 Å². The van der Waals surface area contributed by atoms with Crippen molar-refractivity contribution in [2.24, 2.45) is 5.41 Å². The average Bonchev–Trinajstić information content (AvgIpc) is 2.09. The summed E-state index contributed by atoms with van der Waals surface area (Å²) in [5.74, 6) is -1.05. The molecule has 0 aliphatic rings. The molecule has 0 aliphatic carbocycles. The highest BCUT2D eigenvalue weighted by molar-refractivity contribution is 5.81. The van der Waals surface area contributed by atoms with Gasteiger partial charge in [-0.1, -0.05) is 20.8 Å². The van der Waals surface area contributed by atoms with E-state index in [4.69, 9.17) is 5.11 Å². The third kappa shape index (κ3) is 7.23. The Morgan fingerprint density at radius 1 is 1.31 bits per heavy atom. The van der Waals surface area contributed by atoms with Crippen molar-refractivity contribution in [1.82, 2.24) is 5.32 Å². The molecule has 3 N–H and O–H groups in total. The summed E-state index contributed by atoms with van der Waals surface area (Å²) in [5.41, 5.74) is -0.417. The number of hydrogen-bond acceptors (Lipinski definition) is 3. The van der Waals surface area contributed by atoms with Gasteiger partial charge in [-0.15, -0.1) is 0 Å². The lowest BCUT2D eigenvalue weighted by Crippen LogP contribution is -2.35. The van der Waals surface area contributed by atoms with Gasteiger partial charge in [-0.3, -0.25) is 9.59 Å². The quantitative estimate of drug-likeness (QED) is 0.589. The normalized spacial score (nSPS) is 13.2. The smallest absolute Gasteiger partial charge is 0.305 e. The van der Waals surface area contributed by atoms with Crippen molar-refractivity contribution < 1.29 is 19.8 Å². The summed E-state index contributed by atoms with van der Waals surface area (Å²) in [6, 6.07) is 0. The molecule has 0 aromatic heterocycles. The van der Waals surface area contributed by atoms with E-state index in [9.17, 15) is 14.7 Å². The van der Waals surface area contributed by atoms with Gasteiger partial charge in [-0.25, -0.2) is 0 Å². The van der Waals surface area contributed by atoms with Crippen molar-refractivity contribution in [2.75, 3.05) is 6.54 Å². The van der Waals surface area contributed by atoms with Gasteiger partial charge in [0.05, 0.1) is 12.5 Å². The molecule has 0 bridgehead atoms. The van der Waals surface area contributed by atoms with Crippen LogP contribution in [0.25, 0.3) is 0 Å². The van der Waals surface area contributed by atoms with Crippen LogP contribution in [0.15, 0.2) is 0 Å². The summed E-state index contributed by atoms with van der Waals surface area (Å²) < 4.78 is 0. The van der Waals surface area contributed by atoms with E-state index >= 15 is 0 Å². The Kier molecular flexibility index (Phi) is 6.03. The van der Waals surface area contributed by atoms with Crippen molar-refractivity contribution in [3.63, 3.8) is 0 Å². The van der Waals surface area contributed by atoms with E-state index in [1.54, 1.807) is 0 Å². The molecule has 0 spiro atoms. The predicted octanol–water partition coefficient (Wildman–Crippen LogP) is 0.764. The maximum Gasteiger partial charge on any atom is 0.305 e. The van der Waals surface area contributed by atoms with E-state index < -0.39 is 17.5 Å². The number of carboxylic acid groups (broad SMARTS) is 1. The van der Waals surface area contributed by atoms with E-state index in [1.807, 2.05) is 20.8 Å². The van der Waals surface area contributed by atoms with Gasteiger partial charge in [0.2, 0.25) is 5.91 Å². The van der Waals surface area contributed by atoms with E-state index in [2.05, 4.69) is 5.32 Å². The highest BCUT2D eigenvalue weighted by Gasteiger charge is 2.20. The molecule has 0 aliphatic heterocycles. The Morgan fingerprint density at radius 3 is 2.31 bits per heavy atom. The number of aliphatic hydroxyl groups is 1. The second-order valence-electron chi connectivity index (χ2n) is 4.90. The Balaban J connectivity index is 3.61. The van der Waals surface area contributed by atoms with Gasteiger partial charge >= 0.3 is 5.97 Å². The van der Waals surface area contributed by atoms with Crippen LogP contribution in [-0.2, 0) is 9.59 Å². The molecule has 0 heterocycles. The fourth-order valence-corrected chi connectivity index (χ4v) is 1.11. The molecule has 0 rings (SSSR count). The first kappa shape index (κ1) is 14.9. The van der Waals surface area contributed by atoms with Crippen molar-refractivity contribution in [2.45, 2.75) is 46.1 Å². The minimum atomic E-state index is -1.01. The van der Waals surface area contributed by atoms with Gasteiger partial charge in [0.1, 0.15) is 0 Å². The highest BCUT2D eigenvalue weighted by Crippen LogP contribution is 2.12. The highest BCUT2D eigenvalue weighted by atomic mass is 16.4. The topological polar surface area (TPSA) is 86.6 Å². The first-order valence-electron chi connectivity index (χ1n) is 5.41. The molecule has 0 saturated heterocycles. The number of carboxylic acids is 1. The third-order valence-corrected chi connectivity index (χ3v) is 2.09. The Labute approximate surface area is 95.9 Å². The maximum absolute atomic E-state index is 11.4. The van der Waals surface area contributed by atoms with E-state index in [-0.39, 0.29) is 12.3 Å². The van der Waals surface area contributed by atoms with Crippen molar-refractivity contribution >= 4 is 11.9 Å². The molecule has 94 valence electrons. The van der Waals surface area contributed by atoms with E-state index in [0.717, 1.165) is 0 Å². The lowest BCUT2D eigenvalue weighted by Gasteiger charge is -2.17. The lowest BCUT2D eigenvalue weighted by atomic mass is 9.95. The maximum atomic E-state index is 11.4. The molecule has 5 nitrogen and oxygen atoms in total. The zero-order chi connectivity index (χ0) is 12.8. The number of carbonyl (C=O) groups excluding carboxylic acids is 1. The summed E-state index contributed by atoms with van der Waals surface area (Å²) in [5, 5.41) is 20.4. The molecule has 1 atom stereocenters. The average molecular weight is 231 g/mol. The molecule has 16 heavy (non-hydrogen) atoms. The van der Waals surface area contributed by atoms with Crippen LogP contribution in [0.2, 0.25) is 0 Å². The van der Waals surface area contributed by atoms with Crippen molar-refractivity contribution in [1.29, 1.82) is 0 Å². The first-order valence-corrected chi connectivity index (χ1v) is 5.41. The number of aliphatic carboxylic acids is 1. The summed E-state index contributed by atoms with van der Waals surface area (Å²) in [7, 11) is 0. The van der Waals surface area contributed by atoms with Crippen molar-refractivity contribution in [3.05, 3.63) is 0 Å². The van der Waals surface area contributed by atoms with Gasteiger partial charge in [-0.2, -0.15) is 0 Å². The Morgan fingerprint density at radius 2 is 1.88 bits per heavy atom. The second-order valence-corrected chi connectivity index (χ2v) is 4.90. The molecular weight excluding hydrogens is 210 g/mol. The fraction of sp³-hybridized carbons (Fsp3) is 0.818. The molecule has 1 amide bonds. The Hall–Kier alpha value is -1.10. The summed E-state index contributed by atoms with van der Waals surface area (Å²) in [6.07, 6.45) is -0.107. The van der Waals surface area contributed by atoms with E-state index in [0.29, 0.717) is 19.4 Å². The van der Waals surface area contributed by atoms with Gasteiger partial charge in [0.15, 0.2) is 0 Å². The zero-order valence-electron chi connectivity index (χ0n) is 10.1. The van der Waals surface area contributed by atoms with Crippen LogP contribution in [0.5, 0.6) is 0 Å². The van der Waals surface area contributed by atoms with Crippen LogP contribution in [0.1, 0.15) is 40.0 Å². The summed E-state index contributed by atoms with van der Waals surface area (Å²) in [4.78, 5) is 21.7. The molecule has 0 fully saturated rings. The Bertz CT molecular complexity index is 245. The number of nitrogens with one attached hydrogen (secondary N) is 1. The third-order valence-electron chi connectivity index (χ3n) is 2.09. The molecule has 0 aromatic carbocycles. The summed E-state index contributed by atoms with van der Waals surface area (Å²) in [6.45, 7) is 5.93. The molecule has 0 radical (unpaired) electrons. The fourth-order valence-electron chi connectivity index (χ4n) is 1.11. The number of aliphatic hydroxyl groups excluding tert-OH is 1. The van der Waals surface area contributed by atoms with Crippen LogP contribution >= 0.6 is 0 Å². The number of hydrogen-bond donors (Lipinski definition) is 3. The molecule has 0 saturated carbocycles. The minimum absolute atomic E-state index is 0.0415. The standard InChI is InChI=1S/C11H21NO4/c1-11(2,3)10(16)12-6-4-5-8(13)7-9(14)15/h8,13H,4-7H2,1-3H3,(H,12,16)(H,14,15). The second kappa shape index (κ2) is 6.48. The van der Waals surface area contributed by atoms with Crippen LogP contribution in [-0.4, -0.2) is 34.7 Å². The van der Waals surface area contributed by atoms with Gasteiger partial charge in [0.25, 0.3) is 0 Å². The number of carbonyl (C=O) groups is 2. The SMILES string of the molecule is CC(C)(C)C(=O)NCCCC(O)CC(=O)O. The molecule has 5 heteroatoms. The molecular formula is C11H21NO4. The first-order chi connectivity index (χ1) is 7.23. The van der Waals surface area contributed by atoms with Crippen molar-refractivity contribution in [3.8, 4) is 0 Å². The van der Waals surface area contributed by atoms with Crippen LogP contribution in [0, 0.1) is 5.41 Å². The molecule has 0 aromatic rings. The van der Waals surface area contributed by atoms with Gasteiger partial charge in [0, 0.05) is 12.0 Å². The van der Waals surface area contributed by atoms with Crippen LogP contribution in [0.4, 0.5) is 0 Å². The minimum Gasteiger partial charge on any atom is -0.481 e. The van der Waals surface area contributed by atoms with Gasteiger partial charge in [-0.05, 0) is 12.8 Å². The van der Waals surface area contributed by atoms with Crippen LogP contribution < -0.4 is 5.32 Å². The van der Waals surface area contributed by atoms with Gasteiger partial charge < -0.3 is 15.5 Å².